The van der Waals surface area contributed by atoms with Crippen LogP contribution in [0.5, 0.6) is 5.75 Å². The molecular formula is C31H31ClF3NO3. The number of benzene rings is 4. The molecule has 2 N–H and O–H groups in total. The monoisotopic (exact) mass is 557 g/mol. The molecule has 0 bridgehead atoms. The van der Waals surface area contributed by atoms with Crippen molar-refractivity contribution >= 4 is 29.1 Å². The molecule has 0 radical (unpaired) electrons. The van der Waals surface area contributed by atoms with Crippen LogP contribution in [0.1, 0.15) is 54.6 Å². The molecule has 8 heteroatoms. The van der Waals surface area contributed by atoms with E-state index in [0.717, 1.165) is 39.3 Å². The van der Waals surface area contributed by atoms with Gasteiger partial charge < -0.3 is 15.2 Å². The van der Waals surface area contributed by atoms with E-state index in [9.17, 15) is 18.0 Å². The minimum Gasteiger partial charge on any atom is -0.497 e. The van der Waals surface area contributed by atoms with Gasteiger partial charge in [0.05, 0.1) is 12.7 Å². The van der Waals surface area contributed by atoms with Crippen molar-refractivity contribution in [2.24, 2.45) is 0 Å². The Balaban J connectivity index is 0.00000420. The Morgan fingerprint density at radius 3 is 2.33 bits per heavy atom. The lowest BCUT2D eigenvalue weighted by molar-refractivity contribution is -0.140. The molecule has 206 valence electrons. The fourth-order valence-electron chi connectivity index (χ4n) is 4.79. The molecule has 4 rings (SSSR count). The second-order valence-electron chi connectivity index (χ2n) is 9.44. The second kappa shape index (κ2) is 12.5. The Morgan fingerprint density at radius 1 is 0.923 bits per heavy atom. The number of fused-ring (bicyclic) bond motifs is 1. The van der Waals surface area contributed by atoms with Crippen molar-refractivity contribution in [2.45, 2.75) is 44.9 Å². The quantitative estimate of drug-likeness (QED) is 0.217. The predicted octanol–water partition coefficient (Wildman–Crippen LogP) is 8.39. The number of hydrogen-bond acceptors (Lipinski definition) is 3. The number of alkyl halides is 3. The highest BCUT2D eigenvalue weighted by Crippen LogP contribution is 2.38. The highest BCUT2D eigenvalue weighted by molar-refractivity contribution is 5.97. The Bertz CT molecular complexity index is 1450. The number of carboxylic acid groups (broad SMARTS) is 1. The first-order valence-corrected chi connectivity index (χ1v) is 12.4. The van der Waals surface area contributed by atoms with Gasteiger partial charge in [0, 0.05) is 18.5 Å². The lowest BCUT2D eigenvalue weighted by Crippen LogP contribution is -2.22. The Morgan fingerprint density at radius 2 is 1.64 bits per heavy atom. The van der Waals surface area contributed by atoms with Crippen LogP contribution in [0.25, 0.3) is 21.9 Å². The molecule has 0 fully saturated rings. The maximum absolute atomic E-state index is 13.7. The van der Waals surface area contributed by atoms with Gasteiger partial charge in [-0.1, -0.05) is 48.5 Å². The number of carbonyl (C=O) groups is 1. The number of aliphatic carboxylic acids is 1. The molecular weight excluding hydrogens is 527 g/mol. The van der Waals surface area contributed by atoms with Gasteiger partial charge in [0.25, 0.3) is 0 Å². The van der Waals surface area contributed by atoms with E-state index in [1.165, 1.54) is 12.1 Å². The van der Waals surface area contributed by atoms with E-state index in [1.807, 2.05) is 54.6 Å². The van der Waals surface area contributed by atoms with E-state index >= 15 is 0 Å². The first kappa shape index (κ1) is 30.0. The van der Waals surface area contributed by atoms with Crippen molar-refractivity contribution in [1.82, 2.24) is 5.32 Å². The van der Waals surface area contributed by atoms with Crippen LogP contribution in [0, 0.1) is 0 Å². The number of aryl methyl sites for hydroxylation is 1. The SMILES string of the molecule is COc1cccc([C@@H](C)NC(C)c2cc(-c3ccc(C(F)(F)F)c(CCC(=O)O)c3)c3ccccc3c2)c1.Cl. The third-order valence-corrected chi connectivity index (χ3v) is 6.81. The standard InChI is InChI=1S/C31H30F3NO3.ClH/c1-19(21-8-6-9-26(17-21)38-3)35-20(2)25-16-22-7-4-5-10-27(22)28(18-25)23-11-13-29(31(32,33)34)24(15-23)12-14-30(36)37;/h4-11,13,15-20,35H,12,14H2,1-3H3,(H,36,37);1H/t19-,20?;/m1./s1. The van der Waals surface area contributed by atoms with Crippen LogP contribution in [0.3, 0.4) is 0 Å². The number of carboxylic acids is 1. The maximum Gasteiger partial charge on any atom is 0.416 e. The van der Waals surface area contributed by atoms with Gasteiger partial charge >= 0.3 is 12.1 Å². The van der Waals surface area contributed by atoms with Crippen LogP contribution in [-0.2, 0) is 17.4 Å². The Kier molecular flexibility index (Phi) is 9.64. The molecule has 0 amide bonds. The zero-order chi connectivity index (χ0) is 27.4. The molecule has 0 saturated carbocycles. The van der Waals surface area contributed by atoms with E-state index in [4.69, 9.17) is 9.84 Å². The summed E-state index contributed by atoms with van der Waals surface area (Å²) in [4.78, 5) is 11.1. The summed E-state index contributed by atoms with van der Waals surface area (Å²) in [5.74, 6) is -0.362. The first-order valence-electron chi connectivity index (χ1n) is 12.4. The van der Waals surface area contributed by atoms with Crippen LogP contribution in [0.4, 0.5) is 13.2 Å². The molecule has 0 saturated heterocycles. The summed E-state index contributed by atoms with van der Waals surface area (Å²) in [7, 11) is 1.63. The summed E-state index contributed by atoms with van der Waals surface area (Å²) in [6.45, 7) is 4.12. The van der Waals surface area contributed by atoms with Gasteiger partial charge in [0.15, 0.2) is 0 Å². The highest BCUT2D eigenvalue weighted by Gasteiger charge is 2.33. The van der Waals surface area contributed by atoms with E-state index in [-0.39, 0.29) is 42.9 Å². The zero-order valence-electron chi connectivity index (χ0n) is 21.9. The molecule has 4 nitrogen and oxygen atoms in total. The summed E-state index contributed by atoms with van der Waals surface area (Å²) in [6.07, 6.45) is -5.15. The molecule has 1 unspecified atom stereocenters. The minimum absolute atomic E-state index is 0. The lowest BCUT2D eigenvalue weighted by atomic mass is 9.90. The molecule has 2 atom stereocenters. The maximum atomic E-state index is 13.7. The van der Waals surface area contributed by atoms with Crippen molar-refractivity contribution in [3.05, 3.63) is 101 Å². The number of nitrogens with one attached hydrogen (secondary N) is 1. The minimum atomic E-state index is -4.56. The fourth-order valence-corrected chi connectivity index (χ4v) is 4.79. The van der Waals surface area contributed by atoms with Crippen molar-refractivity contribution < 1.29 is 27.8 Å². The molecule has 0 spiro atoms. The normalized spacial score (nSPS) is 13.0. The van der Waals surface area contributed by atoms with E-state index in [0.29, 0.717) is 5.56 Å². The summed E-state index contributed by atoms with van der Waals surface area (Å²) in [6, 6.07) is 23.6. The van der Waals surface area contributed by atoms with E-state index < -0.39 is 17.7 Å². The van der Waals surface area contributed by atoms with Crippen LogP contribution in [0.2, 0.25) is 0 Å². The van der Waals surface area contributed by atoms with Gasteiger partial charge in [-0.2, -0.15) is 13.2 Å². The smallest absolute Gasteiger partial charge is 0.416 e. The van der Waals surface area contributed by atoms with Crippen LogP contribution in [0.15, 0.2) is 78.9 Å². The van der Waals surface area contributed by atoms with Gasteiger partial charge in [0.2, 0.25) is 0 Å². The van der Waals surface area contributed by atoms with Gasteiger partial charge in [-0.25, -0.2) is 0 Å². The summed E-state index contributed by atoms with van der Waals surface area (Å²) in [5.41, 5.74) is 2.65. The molecule has 4 aromatic carbocycles. The van der Waals surface area contributed by atoms with Gasteiger partial charge in [-0.05, 0) is 89.2 Å². The lowest BCUT2D eigenvalue weighted by Gasteiger charge is -2.23. The number of rotatable bonds is 9. The van der Waals surface area contributed by atoms with Crippen molar-refractivity contribution in [3.63, 3.8) is 0 Å². The molecule has 0 aliphatic carbocycles. The summed E-state index contributed by atoms with van der Waals surface area (Å²) >= 11 is 0. The average Bonchev–Trinajstić information content (AvgIpc) is 2.90. The zero-order valence-corrected chi connectivity index (χ0v) is 22.7. The topological polar surface area (TPSA) is 58.6 Å². The van der Waals surface area contributed by atoms with E-state index in [1.54, 1.807) is 7.11 Å². The van der Waals surface area contributed by atoms with Gasteiger partial charge in [-0.15, -0.1) is 12.4 Å². The van der Waals surface area contributed by atoms with E-state index in [2.05, 4.69) is 25.2 Å². The largest absolute Gasteiger partial charge is 0.497 e. The number of halogens is 4. The molecule has 0 heterocycles. The van der Waals surface area contributed by atoms with Crippen LogP contribution >= 0.6 is 12.4 Å². The highest BCUT2D eigenvalue weighted by atomic mass is 35.5. The number of ether oxygens (including phenoxy) is 1. The van der Waals surface area contributed by atoms with Crippen LogP contribution in [-0.4, -0.2) is 18.2 Å². The second-order valence-corrected chi connectivity index (χ2v) is 9.44. The average molecular weight is 558 g/mol. The third kappa shape index (κ3) is 7.11. The van der Waals surface area contributed by atoms with Crippen molar-refractivity contribution in [2.75, 3.05) is 7.11 Å². The van der Waals surface area contributed by atoms with Gasteiger partial charge in [0.1, 0.15) is 5.75 Å². The molecule has 0 aromatic heterocycles. The Labute approximate surface area is 232 Å². The van der Waals surface area contributed by atoms with Crippen molar-refractivity contribution in [1.29, 1.82) is 0 Å². The first-order chi connectivity index (χ1) is 18.1. The molecule has 39 heavy (non-hydrogen) atoms. The molecule has 4 aromatic rings. The molecule has 0 aliphatic heterocycles. The number of hydrogen-bond donors (Lipinski definition) is 2. The van der Waals surface area contributed by atoms with Crippen LogP contribution < -0.4 is 10.1 Å². The summed E-state index contributed by atoms with van der Waals surface area (Å²) < 4.78 is 46.4. The Hall–Kier alpha value is -3.55. The molecule has 0 aliphatic rings. The van der Waals surface area contributed by atoms with Gasteiger partial charge in [-0.3, -0.25) is 4.79 Å². The summed E-state index contributed by atoms with van der Waals surface area (Å²) in [5, 5.41) is 14.6. The number of methoxy groups -OCH3 is 1. The van der Waals surface area contributed by atoms with Crippen molar-refractivity contribution in [3.8, 4) is 16.9 Å². The fraction of sp³-hybridized carbons (Fsp3) is 0.258. The predicted molar refractivity (Wildman–Crippen MR) is 151 cm³/mol. The third-order valence-electron chi connectivity index (χ3n) is 6.81.